The number of aliphatic hydroxyl groups excluding tert-OH is 1. The van der Waals surface area contributed by atoms with E-state index < -0.39 is 34.8 Å². The Morgan fingerprint density at radius 1 is 1.37 bits per heavy atom. The maximum absolute atomic E-state index is 14.6. The molecule has 0 spiro atoms. The van der Waals surface area contributed by atoms with Gasteiger partial charge in [0.2, 0.25) is 5.95 Å². The summed E-state index contributed by atoms with van der Waals surface area (Å²) in [5.74, 6) is 0.697. The Bertz CT molecular complexity index is 1100. The van der Waals surface area contributed by atoms with Gasteiger partial charge in [-0.05, 0) is 25.3 Å². The molecule has 1 aromatic heterocycles. The van der Waals surface area contributed by atoms with Crippen LogP contribution in [0.4, 0.5) is 16.2 Å². The van der Waals surface area contributed by atoms with Gasteiger partial charge in [-0.15, -0.1) is 0 Å². The molecule has 1 atom stereocenters. The minimum absolute atomic E-state index is 0.0543. The van der Waals surface area contributed by atoms with E-state index in [1.54, 1.807) is 11.0 Å². The molecule has 0 radical (unpaired) electrons. The van der Waals surface area contributed by atoms with Crippen LogP contribution in [-0.2, 0) is 27.6 Å². The first-order valence-corrected chi connectivity index (χ1v) is 11.3. The molecule has 0 unspecified atom stereocenters. The van der Waals surface area contributed by atoms with Crippen molar-refractivity contribution in [3.05, 3.63) is 41.3 Å². The topological polar surface area (TPSA) is 87.6 Å². The number of methoxy groups -OCH3 is 1. The number of hydrogen-bond donors (Lipinski definition) is 2. The second-order valence-electron chi connectivity index (χ2n) is 8.30. The summed E-state index contributed by atoms with van der Waals surface area (Å²) < 4.78 is 55.4. The molecule has 2 fully saturated rings. The molecular formula is C21H25FN4O3S. The number of anilines is 2. The number of nitrogens with zero attached hydrogens (tertiary/aromatic N) is 3. The van der Waals surface area contributed by atoms with E-state index in [9.17, 15) is 13.7 Å². The van der Waals surface area contributed by atoms with Crippen molar-refractivity contribution < 1.29 is 22.6 Å². The van der Waals surface area contributed by atoms with Crippen molar-refractivity contribution in [2.45, 2.75) is 41.7 Å². The van der Waals surface area contributed by atoms with Crippen molar-refractivity contribution in [1.29, 1.82) is 0 Å². The molecule has 2 aliphatic heterocycles. The van der Waals surface area contributed by atoms with Crippen LogP contribution in [0.15, 0.2) is 29.2 Å². The average molecular weight is 436 g/mol. The van der Waals surface area contributed by atoms with Gasteiger partial charge in [0, 0.05) is 24.8 Å². The van der Waals surface area contributed by atoms with Gasteiger partial charge >= 0.3 is 0 Å². The standard InChI is InChI=1S/C21H25FN4O3S/c1-29-21(14-5-2-3-6-15(14)22)11-26(12-21)19-23-16-7-10-30(28)17(16)18(24-19)25-20(13-27)8-4-9-20/h2-3,5-6,27H,4,7-13H2,1H3,(H,23,24,25)/t30-/m1/s1/i1D3. The first kappa shape index (κ1) is 16.6. The minimum Gasteiger partial charge on any atom is -0.394 e. The monoisotopic (exact) mass is 435 g/mol. The van der Waals surface area contributed by atoms with Gasteiger partial charge in [0.25, 0.3) is 0 Å². The molecule has 3 aliphatic rings. The Morgan fingerprint density at radius 3 is 2.83 bits per heavy atom. The third-order valence-electron chi connectivity index (χ3n) is 6.41. The fourth-order valence-corrected chi connectivity index (χ4v) is 5.73. The molecule has 160 valence electrons. The first-order chi connectivity index (χ1) is 15.6. The highest BCUT2D eigenvalue weighted by Crippen LogP contribution is 2.41. The van der Waals surface area contributed by atoms with Crippen LogP contribution < -0.4 is 10.2 Å². The van der Waals surface area contributed by atoms with Gasteiger partial charge in [0.15, 0.2) is 0 Å². The summed E-state index contributed by atoms with van der Waals surface area (Å²) >= 11 is 0. The largest absolute Gasteiger partial charge is 0.394 e. The van der Waals surface area contributed by atoms with Crippen LogP contribution >= 0.6 is 0 Å². The van der Waals surface area contributed by atoms with E-state index in [4.69, 9.17) is 8.85 Å². The summed E-state index contributed by atoms with van der Waals surface area (Å²) in [6.07, 6.45) is 3.10. The van der Waals surface area contributed by atoms with Crippen molar-refractivity contribution in [3.8, 4) is 0 Å². The van der Waals surface area contributed by atoms with Gasteiger partial charge in [-0.2, -0.15) is 4.98 Å². The van der Waals surface area contributed by atoms with Crippen molar-refractivity contribution >= 4 is 22.6 Å². The summed E-state index contributed by atoms with van der Waals surface area (Å²) in [5.41, 5.74) is -1.00. The Balaban J connectivity index is 1.47. The van der Waals surface area contributed by atoms with Gasteiger partial charge in [-0.3, -0.25) is 4.21 Å². The Morgan fingerprint density at radius 2 is 2.17 bits per heavy atom. The first-order valence-electron chi connectivity index (χ1n) is 11.5. The quantitative estimate of drug-likeness (QED) is 0.717. The molecule has 2 N–H and O–H groups in total. The fraction of sp³-hybridized carbons (Fsp3) is 0.524. The molecule has 1 saturated heterocycles. The highest BCUT2D eigenvalue weighted by atomic mass is 32.2. The Hall–Kier alpha value is -2.10. The van der Waals surface area contributed by atoms with E-state index >= 15 is 0 Å². The number of aromatic nitrogens is 2. The van der Waals surface area contributed by atoms with Gasteiger partial charge in [-0.25, -0.2) is 9.37 Å². The van der Waals surface area contributed by atoms with E-state index in [2.05, 4.69) is 15.3 Å². The summed E-state index contributed by atoms with van der Waals surface area (Å²) in [4.78, 5) is 11.5. The van der Waals surface area contributed by atoms with Crippen molar-refractivity contribution in [3.63, 3.8) is 0 Å². The highest BCUT2D eigenvalue weighted by Gasteiger charge is 2.48. The van der Waals surface area contributed by atoms with Gasteiger partial charge in [0.05, 0.1) is 45.8 Å². The van der Waals surface area contributed by atoms with Crippen LogP contribution in [0, 0.1) is 5.82 Å². The lowest BCUT2D eigenvalue weighted by molar-refractivity contribution is -0.0415. The summed E-state index contributed by atoms with van der Waals surface area (Å²) in [6.45, 7) is 0.0534. The van der Waals surface area contributed by atoms with E-state index in [1.807, 2.05) is 0 Å². The number of aliphatic hydroxyl groups is 1. The predicted octanol–water partition coefficient (Wildman–Crippen LogP) is 1.97. The second-order valence-corrected chi connectivity index (χ2v) is 9.80. The number of fused-ring (bicyclic) bond motifs is 1. The van der Waals surface area contributed by atoms with Crippen LogP contribution in [0.3, 0.4) is 0 Å². The van der Waals surface area contributed by atoms with E-state index in [1.165, 1.54) is 18.2 Å². The molecule has 0 bridgehead atoms. The van der Waals surface area contributed by atoms with Gasteiger partial charge in [-0.1, -0.05) is 18.2 Å². The SMILES string of the molecule is [2H]C([2H])([2H])OC1(c2ccccc2F)CN(c2nc3c(c(NC4(CO)CCC4)n2)[S@](=O)CC3)C1. The van der Waals surface area contributed by atoms with Crippen LogP contribution in [0.5, 0.6) is 0 Å². The van der Waals surface area contributed by atoms with Crippen LogP contribution in [0.2, 0.25) is 0 Å². The second kappa shape index (κ2) is 7.25. The molecule has 2 aromatic rings. The predicted molar refractivity (Wildman–Crippen MR) is 112 cm³/mol. The lowest BCUT2D eigenvalue weighted by atomic mass is 9.77. The number of halogens is 1. The van der Waals surface area contributed by atoms with E-state index in [0.29, 0.717) is 34.5 Å². The summed E-state index contributed by atoms with van der Waals surface area (Å²) in [7, 11) is -3.94. The molecule has 9 heteroatoms. The molecule has 1 aliphatic carbocycles. The van der Waals surface area contributed by atoms with E-state index in [-0.39, 0.29) is 25.3 Å². The third-order valence-corrected chi connectivity index (χ3v) is 7.87. The molecule has 3 heterocycles. The minimum atomic E-state index is -2.71. The van der Waals surface area contributed by atoms with Crippen molar-refractivity contribution in [1.82, 2.24) is 9.97 Å². The van der Waals surface area contributed by atoms with Crippen LogP contribution in [0.1, 0.15) is 34.6 Å². The summed E-state index contributed by atoms with van der Waals surface area (Å²) in [5, 5.41) is 13.2. The normalized spacial score (nSPS) is 25.3. The Labute approximate surface area is 181 Å². The number of ether oxygens (including phenoxy) is 1. The van der Waals surface area contributed by atoms with Gasteiger partial charge < -0.3 is 20.1 Å². The molecule has 1 aromatic carbocycles. The number of nitrogens with one attached hydrogen (secondary N) is 1. The van der Waals surface area contributed by atoms with Crippen molar-refractivity contribution in [2.24, 2.45) is 0 Å². The number of hydrogen-bond acceptors (Lipinski definition) is 7. The molecule has 1 saturated carbocycles. The number of benzene rings is 1. The number of rotatable bonds is 6. The van der Waals surface area contributed by atoms with Crippen molar-refractivity contribution in [2.75, 3.05) is 42.7 Å². The lowest BCUT2D eigenvalue weighted by Gasteiger charge is -2.49. The molecular weight excluding hydrogens is 407 g/mol. The van der Waals surface area contributed by atoms with E-state index in [0.717, 1.165) is 19.3 Å². The summed E-state index contributed by atoms with van der Waals surface area (Å²) in [6, 6.07) is 5.98. The van der Waals surface area contributed by atoms with Crippen LogP contribution in [-0.4, -0.2) is 57.3 Å². The lowest BCUT2D eigenvalue weighted by Crippen LogP contribution is -2.61. The third kappa shape index (κ3) is 3.02. The Kier molecular flexibility index (Phi) is 4.00. The average Bonchev–Trinajstić information content (AvgIpc) is 3.08. The molecule has 5 rings (SSSR count). The smallest absolute Gasteiger partial charge is 0.227 e. The van der Waals surface area contributed by atoms with Crippen LogP contribution in [0.25, 0.3) is 0 Å². The molecule has 7 nitrogen and oxygen atoms in total. The highest BCUT2D eigenvalue weighted by molar-refractivity contribution is 7.85. The number of aryl methyl sites for hydroxylation is 1. The molecule has 0 amide bonds. The zero-order chi connectivity index (χ0) is 23.4. The fourth-order valence-electron chi connectivity index (χ4n) is 4.42. The molecule has 30 heavy (non-hydrogen) atoms. The zero-order valence-electron chi connectivity index (χ0n) is 19.4. The zero-order valence-corrected chi connectivity index (χ0v) is 17.2. The maximum Gasteiger partial charge on any atom is 0.227 e. The maximum atomic E-state index is 14.6. The van der Waals surface area contributed by atoms with Gasteiger partial charge in [0.1, 0.15) is 22.1 Å².